The maximum atomic E-state index is 12.6. The second-order valence-corrected chi connectivity index (χ2v) is 6.26. The van der Waals surface area contributed by atoms with Gasteiger partial charge in [0, 0.05) is 44.8 Å². The molecule has 26 heavy (non-hydrogen) atoms. The Bertz CT molecular complexity index is 649. The highest BCUT2D eigenvalue weighted by Gasteiger charge is 2.32. The number of amides is 2. The minimum atomic E-state index is -4.43. The van der Waals surface area contributed by atoms with Gasteiger partial charge in [-0.25, -0.2) is 0 Å². The summed E-state index contributed by atoms with van der Waals surface area (Å²) in [6.45, 7) is 3.12. The Balaban J connectivity index is 1.55. The van der Waals surface area contributed by atoms with Crippen LogP contribution in [0.1, 0.15) is 15.9 Å². The van der Waals surface area contributed by atoms with Crippen molar-refractivity contribution in [3.05, 3.63) is 35.4 Å². The number of carbonyl (C=O) groups excluding carboxylic acids is 2. The van der Waals surface area contributed by atoms with Crippen LogP contribution < -0.4 is 5.32 Å². The lowest BCUT2D eigenvalue weighted by atomic mass is 10.1. The van der Waals surface area contributed by atoms with E-state index < -0.39 is 17.8 Å². The Kier molecular flexibility index (Phi) is 5.47. The zero-order valence-corrected chi connectivity index (χ0v) is 14.1. The molecule has 0 saturated carbocycles. The van der Waals surface area contributed by atoms with Gasteiger partial charge in [0.15, 0.2) is 0 Å². The third-order valence-corrected chi connectivity index (χ3v) is 4.54. The van der Waals surface area contributed by atoms with Gasteiger partial charge in [-0.05, 0) is 24.3 Å². The average Bonchev–Trinajstić information content (AvgIpc) is 2.67. The van der Waals surface area contributed by atoms with Crippen LogP contribution in [0.2, 0.25) is 0 Å². The third kappa shape index (κ3) is 4.16. The van der Waals surface area contributed by atoms with Gasteiger partial charge < -0.3 is 19.9 Å². The molecule has 2 heterocycles. The van der Waals surface area contributed by atoms with Crippen LogP contribution in [-0.4, -0.2) is 73.6 Å². The first-order chi connectivity index (χ1) is 12.4. The second-order valence-electron chi connectivity index (χ2n) is 6.26. The van der Waals surface area contributed by atoms with E-state index in [2.05, 4.69) is 5.32 Å². The van der Waals surface area contributed by atoms with Crippen molar-refractivity contribution in [2.45, 2.75) is 12.3 Å². The van der Waals surface area contributed by atoms with Gasteiger partial charge >= 0.3 is 6.18 Å². The van der Waals surface area contributed by atoms with Crippen LogP contribution >= 0.6 is 0 Å². The van der Waals surface area contributed by atoms with E-state index in [4.69, 9.17) is 4.74 Å². The zero-order valence-electron chi connectivity index (χ0n) is 14.1. The summed E-state index contributed by atoms with van der Waals surface area (Å²) in [5.74, 6) is -0.430. The molecule has 0 radical (unpaired) electrons. The van der Waals surface area contributed by atoms with Crippen LogP contribution in [0.4, 0.5) is 13.2 Å². The Morgan fingerprint density at radius 3 is 2.19 bits per heavy atom. The highest BCUT2D eigenvalue weighted by Crippen LogP contribution is 2.29. The third-order valence-electron chi connectivity index (χ3n) is 4.54. The Morgan fingerprint density at radius 1 is 1.04 bits per heavy atom. The van der Waals surface area contributed by atoms with E-state index >= 15 is 0 Å². The van der Waals surface area contributed by atoms with Crippen LogP contribution in [0.3, 0.4) is 0 Å². The minimum absolute atomic E-state index is 0.0983. The lowest BCUT2D eigenvalue weighted by Crippen LogP contribution is -2.56. The van der Waals surface area contributed by atoms with Gasteiger partial charge in [0.1, 0.15) is 6.10 Å². The van der Waals surface area contributed by atoms with Crippen molar-refractivity contribution in [2.75, 3.05) is 45.9 Å². The highest BCUT2D eigenvalue weighted by molar-refractivity contribution is 5.94. The molecule has 1 N–H and O–H groups in total. The van der Waals surface area contributed by atoms with Crippen LogP contribution in [-0.2, 0) is 15.7 Å². The van der Waals surface area contributed by atoms with E-state index in [-0.39, 0.29) is 17.4 Å². The van der Waals surface area contributed by atoms with Gasteiger partial charge in [0.25, 0.3) is 11.8 Å². The van der Waals surface area contributed by atoms with Crippen molar-refractivity contribution in [1.82, 2.24) is 15.1 Å². The van der Waals surface area contributed by atoms with Crippen LogP contribution in [0.15, 0.2) is 24.3 Å². The van der Waals surface area contributed by atoms with Gasteiger partial charge in [-0.3, -0.25) is 9.59 Å². The number of alkyl halides is 3. The molecule has 1 atom stereocenters. The molecule has 0 aromatic heterocycles. The monoisotopic (exact) mass is 371 g/mol. The lowest BCUT2D eigenvalue weighted by molar-refractivity contribution is -0.146. The maximum Gasteiger partial charge on any atom is 0.416 e. The molecule has 3 rings (SSSR count). The van der Waals surface area contributed by atoms with Gasteiger partial charge in [0.05, 0.1) is 12.2 Å². The van der Waals surface area contributed by atoms with E-state index in [0.29, 0.717) is 39.3 Å². The average molecular weight is 371 g/mol. The summed E-state index contributed by atoms with van der Waals surface area (Å²) in [6.07, 6.45) is -4.93. The Labute approximate surface area is 148 Å². The predicted octanol–water partition coefficient (Wildman–Crippen LogP) is 0.978. The first kappa shape index (κ1) is 18.7. The predicted molar refractivity (Wildman–Crippen MR) is 86.5 cm³/mol. The fourth-order valence-corrected chi connectivity index (χ4v) is 3.04. The molecule has 2 aliphatic heterocycles. The number of hydrogen-bond acceptors (Lipinski definition) is 4. The van der Waals surface area contributed by atoms with E-state index in [9.17, 15) is 22.8 Å². The van der Waals surface area contributed by atoms with Gasteiger partial charge in [0.2, 0.25) is 0 Å². The summed E-state index contributed by atoms with van der Waals surface area (Å²) in [5.41, 5.74) is -0.580. The summed E-state index contributed by atoms with van der Waals surface area (Å²) in [4.78, 5) is 28.0. The topological polar surface area (TPSA) is 61.9 Å². The minimum Gasteiger partial charge on any atom is -0.366 e. The van der Waals surface area contributed by atoms with Crippen molar-refractivity contribution < 1.29 is 27.5 Å². The fraction of sp³-hybridized carbons (Fsp3) is 0.529. The summed E-state index contributed by atoms with van der Waals surface area (Å²) in [6, 6.07) is 4.18. The molecule has 6 nitrogen and oxygen atoms in total. The summed E-state index contributed by atoms with van der Waals surface area (Å²) in [7, 11) is 0. The lowest BCUT2D eigenvalue weighted by Gasteiger charge is -2.37. The number of benzene rings is 1. The standard InChI is InChI=1S/C17H20F3N3O3/c18-17(19,20)13-3-1-12(2-4-13)15(24)22-6-8-23(9-7-22)16(25)14-11-21-5-10-26-14/h1-4,14,21H,5-11H2. The van der Waals surface area contributed by atoms with Crippen molar-refractivity contribution in [1.29, 1.82) is 0 Å². The molecular weight excluding hydrogens is 351 g/mol. The number of carbonyl (C=O) groups is 2. The first-order valence-corrected chi connectivity index (χ1v) is 8.44. The number of rotatable bonds is 2. The number of morpholine rings is 1. The van der Waals surface area contributed by atoms with Crippen LogP contribution in [0, 0.1) is 0 Å². The van der Waals surface area contributed by atoms with E-state index in [1.165, 1.54) is 12.1 Å². The van der Waals surface area contributed by atoms with Crippen LogP contribution in [0.5, 0.6) is 0 Å². The number of nitrogens with zero attached hydrogens (tertiary/aromatic N) is 2. The molecule has 2 saturated heterocycles. The van der Waals surface area contributed by atoms with Crippen molar-refractivity contribution in [3.63, 3.8) is 0 Å². The highest BCUT2D eigenvalue weighted by atomic mass is 19.4. The molecule has 1 aromatic rings. The molecule has 9 heteroatoms. The number of ether oxygens (including phenoxy) is 1. The molecular formula is C17H20F3N3O3. The maximum absolute atomic E-state index is 12.6. The smallest absolute Gasteiger partial charge is 0.366 e. The van der Waals surface area contributed by atoms with Gasteiger partial charge in [-0.15, -0.1) is 0 Å². The fourth-order valence-electron chi connectivity index (χ4n) is 3.04. The molecule has 142 valence electrons. The Morgan fingerprint density at radius 2 is 1.65 bits per heavy atom. The molecule has 0 aliphatic carbocycles. The molecule has 0 spiro atoms. The zero-order chi connectivity index (χ0) is 18.7. The number of hydrogen-bond donors (Lipinski definition) is 1. The second kappa shape index (κ2) is 7.63. The van der Waals surface area contributed by atoms with Gasteiger partial charge in [-0.1, -0.05) is 0 Å². The summed E-state index contributed by atoms with van der Waals surface area (Å²) < 4.78 is 43.2. The number of nitrogens with one attached hydrogen (secondary N) is 1. The van der Waals surface area contributed by atoms with Crippen molar-refractivity contribution >= 4 is 11.8 Å². The molecule has 0 bridgehead atoms. The van der Waals surface area contributed by atoms with Crippen molar-refractivity contribution in [2.24, 2.45) is 0 Å². The quantitative estimate of drug-likeness (QED) is 0.842. The van der Waals surface area contributed by atoms with Gasteiger partial charge in [-0.2, -0.15) is 13.2 Å². The largest absolute Gasteiger partial charge is 0.416 e. The van der Waals surface area contributed by atoms with Crippen LogP contribution in [0.25, 0.3) is 0 Å². The molecule has 1 unspecified atom stereocenters. The van der Waals surface area contributed by atoms with E-state index in [0.717, 1.165) is 18.7 Å². The molecule has 1 aromatic carbocycles. The number of piperazine rings is 1. The first-order valence-electron chi connectivity index (χ1n) is 8.44. The summed E-state index contributed by atoms with van der Waals surface area (Å²) >= 11 is 0. The van der Waals surface area contributed by atoms with E-state index in [1.54, 1.807) is 9.80 Å². The van der Waals surface area contributed by atoms with Crippen molar-refractivity contribution in [3.8, 4) is 0 Å². The molecule has 2 aliphatic rings. The SMILES string of the molecule is O=C(c1ccc(C(F)(F)F)cc1)N1CCN(C(=O)C2CNCCO2)CC1. The molecule has 2 amide bonds. The molecule has 2 fully saturated rings. The normalized spacial score (nSPS) is 21.6. The summed E-state index contributed by atoms with van der Waals surface area (Å²) in [5, 5.41) is 3.10. The Hall–Kier alpha value is -2.13. The number of halogens is 3. The van der Waals surface area contributed by atoms with E-state index in [1.807, 2.05) is 0 Å².